The molecule has 2 aliphatic heterocycles. The van der Waals surface area contributed by atoms with Crippen molar-refractivity contribution >= 4 is 46.4 Å². The fourth-order valence-corrected chi connectivity index (χ4v) is 7.23. The maximum Gasteiger partial charge on any atom is 0.233 e. The molecule has 8 heteroatoms. The maximum atomic E-state index is 12.8. The molecule has 2 saturated carbocycles. The van der Waals surface area contributed by atoms with Gasteiger partial charge in [-0.15, -0.1) is 0 Å². The van der Waals surface area contributed by atoms with Crippen molar-refractivity contribution in [3.63, 3.8) is 0 Å². The lowest BCUT2D eigenvalue weighted by Crippen LogP contribution is -2.40. The van der Waals surface area contributed by atoms with Crippen LogP contribution in [0.5, 0.6) is 0 Å². The molecule has 0 bridgehead atoms. The number of carbonyl (C=O) groups is 2. The summed E-state index contributed by atoms with van der Waals surface area (Å²) < 4.78 is 0. The molecule has 2 aliphatic carbocycles. The van der Waals surface area contributed by atoms with E-state index >= 15 is 0 Å². The van der Waals surface area contributed by atoms with Crippen molar-refractivity contribution < 1.29 is 9.59 Å². The number of para-hydroxylation sites is 2. The van der Waals surface area contributed by atoms with E-state index in [1.165, 1.54) is 0 Å². The summed E-state index contributed by atoms with van der Waals surface area (Å²) in [4.78, 5) is 29.3. The lowest BCUT2D eigenvalue weighted by atomic mass is 9.71. The van der Waals surface area contributed by atoms with E-state index in [-0.39, 0.29) is 34.7 Å². The first kappa shape index (κ1) is 27.4. The minimum atomic E-state index is -0.172. The Morgan fingerprint density at radius 3 is 1.29 bits per heavy atom. The van der Waals surface area contributed by atoms with E-state index in [0.29, 0.717) is 10.0 Å². The monoisotopic (exact) mass is 556 g/mol. The average molecular weight is 558 g/mol. The molecule has 2 aromatic rings. The third-order valence-corrected chi connectivity index (χ3v) is 9.93. The molecule has 0 atom stereocenters. The highest BCUT2D eigenvalue weighted by Crippen LogP contribution is 2.47. The molecule has 6 nitrogen and oxygen atoms in total. The number of benzene rings is 2. The van der Waals surface area contributed by atoms with Crippen LogP contribution in [0.1, 0.15) is 64.2 Å². The Morgan fingerprint density at radius 2 is 0.947 bits per heavy atom. The lowest BCUT2D eigenvalue weighted by Gasteiger charge is -2.34. The Labute approximate surface area is 235 Å². The third-order valence-electron chi connectivity index (χ3n) is 9.29. The second kappa shape index (κ2) is 11.2. The van der Waals surface area contributed by atoms with Crippen molar-refractivity contribution in [3.8, 4) is 0 Å². The number of nitrogens with two attached hydrogens (primary N) is 2. The molecule has 0 radical (unpaired) electrons. The molecule has 4 N–H and O–H groups in total. The van der Waals surface area contributed by atoms with Gasteiger partial charge in [0.2, 0.25) is 11.8 Å². The van der Waals surface area contributed by atoms with Crippen molar-refractivity contribution in [2.45, 2.75) is 76.3 Å². The number of amides is 2. The summed E-state index contributed by atoms with van der Waals surface area (Å²) in [6.45, 7) is 1.55. The molecular formula is C30H38Cl2N4O2. The average Bonchev–Trinajstić information content (AvgIpc) is 3.41. The van der Waals surface area contributed by atoms with Crippen LogP contribution in [0.25, 0.3) is 0 Å². The van der Waals surface area contributed by atoms with Gasteiger partial charge in [-0.25, -0.2) is 0 Å². The van der Waals surface area contributed by atoms with Crippen LogP contribution in [0.15, 0.2) is 48.5 Å². The van der Waals surface area contributed by atoms with Gasteiger partial charge in [0.15, 0.2) is 0 Å². The number of nitrogens with zero attached hydrogens (tertiary/aromatic N) is 2. The van der Waals surface area contributed by atoms with E-state index in [2.05, 4.69) is 0 Å². The molecule has 204 valence electrons. The first-order chi connectivity index (χ1) is 18.2. The Morgan fingerprint density at radius 1 is 0.605 bits per heavy atom. The second-order valence-corrected chi connectivity index (χ2v) is 12.4. The molecule has 4 fully saturated rings. The van der Waals surface area contributed by atoms with Crippen LogP contribution in [0, 0.1) is 10.8 Å². The molecule has 6 rings (SSSR count). The van der Waals surface area contributed by atoms with Crippen molar-refractivity contribution in [1.82, 2.24) is 0 Å². The van der Waals surface area contributed by atoms with Crippen molar-refractivity contribution in [2.75, 3.05) is 22.9 Å². The van der Waals surface area contributed by atoms with E-state index < -0.39 is 0 Å². The SMILES string of the molecule is NC1CCC2(CC1)CCN(c1ccccc1Cl)C2=O.NC1CCC2(CC1)CCN(c1ccccc1Cl)C2=O. The highest BCUT2D eigenvalue weighted by Gasteiger charge is 2.49. The van der Waals surface area contributed by atoms with E-state index in [1.807, 2.05) is 58.3 Å². The van der Waals surface area contributed by atoms with Gasteiger partial charge in [-0.2, -0.15) is 0 Å². The first-order valence-electron chi connectivity index (χ1n) is 13.9. The molecule has 2 heterocycles. The van der Waals surface area contributed by atoms with Crippen LogP contribution in [0.4, 0.5) is 11.4 Å². The maximum absolute atomic E-state index is 12.8. The number of hydrogen-bond acceptors (Lipinski definition) is 4. The predicted octanol–water partition coefficient (Wildman–Crippen LogP) is 5.93. The lowest BCUT2D eigenvalue weighted by molar-refractivity contribution is -0.128. The zero-order valence-corrected chi connectivity index (χ0v) is 23.4. The summed E-state index contributed by atoms with van der Waals surface area (Å²) in [5.41, 5.74) is 13.3. The van der Waals surface area contributed by atoms with Gasteiger partial charge in [-0.1, -0.05) is 47.5 Å². The summed E-state index contributed by atoms with van der Waals surface area (Å²) in [6, 6.07) is 15.7. The molecule has 0 unspecified atom stereocenters. The van der Waals surface area contributed by atoms with Crippen LogP contribution in [0.3, 0.4) is 0 Å². The van der Waals surface area contributed by atoms with Crippen LogP contribution >= 0.6 is 23.2 Å². The van der Waals surface area contributed by atoms with Gasteiger partial charge in [0.1, 0.15) is 0 Å². The van der Waals surface area contributed by atoms with Crippen molar-refractivity contribution in [1.29, 1.82) is 0 Å². The van der Waals surface area contributed by atoms with E-state index in [1.54, 1.807) is 0 Å². The van der Waals surface area contributed by atoms with Crippen LogP contribution in [0.2, 0.25) is 10.0 Å². The zero-order chi connectivity index (χ0) is 26.9. The molecule has 38 heavy (non-hydrogen) atoms. The van der Waals surface area contributed by atoms with Gasteiger partial charge in [0, 0.05) is 25.2 Å². The summed E-state index contributed by atoms with van der Waals surface area (Å²) in [6.07, 6.45) is 9.41. The number of rotatable bonds is 2. The van der Waals surface area contributed by atoms with E-state index in [4.69, 9.17) is 34.7 Å². The molecule has 2 amide bonds. The molecule has 2 saturated heterocycles. The van der Waals surface area contributed by atoms with Gasteiger partial charge in [0.05, 0.1) is 32.3 Å². The quantitative estimate of drug-likeness (QED) is 0.479. The topological polar surface area (TPSA) is 92.7 Å². The highest BCUT2D eigenvalue weighted by molar-refractivity contribution is 6.34. The normalized spacial score (nSPS) is 31.2. The van der Waals surface area contributed by atoms with Gasteiger partial charge in [0.25, 0.3) is 0 Å². The van der Waals surface area contributed by atoms with Gasteiger partial charge < -0.3 is 21.3 Å². The van der Waals surface area contributed by atoms with Crippen molar-refractivity contribution in [2.24, 2.45) is 22.3 Å². The van der Waals surface area contributed by atoms with Crippen LogP contribution < -0.4 is 21.3 Å². The number of anilines is 2. The fraction of sp³-hybridized carbons (Fsp3) is 0.533. The minimum absolute atomic E-state index is 0.172. The Bertz CT molecular complexity index is 1080. The predicted molar refractivity (Wildman–Crippen MR) is 155 cm³/mol. The molecule has 2 spiro atoms. The van der Waals surface area contributed by atoms with Crippen LogP contribution in [-0.2, 0) is 9.59 Å². The van der Waals surface area contributed by atoms with Crippen molar-refractivity contribution in [3.05, 3.63) is 58.6 Å². The highest BCUT2D eigenvalue weighted by atomic mass is 35.5. The Hall–Kier alpha value is -2.12. The first-order valence-corrected chi connectivity index (χ1v) is 14.6. The molecule has 4 aliphatic rings. The third kappa shape index (κ3) is 5.21. The second-order valence-electron chi connectivity index (χ2n) is 11.6. The zero-order valence-electron chi connectivity index (χ0n) is 21.9. The number of halogens is 2. The summed E-state index contributed by atoms with van der Waals surface area (Å²) in [5.74, 6) is 0.486. The summed E-state index contributed by atoms with van der Waals surface area (Å²) in [5, 5.41) is 1.31. The van der Waals surface area contributed by atoms with Gasteiger partial charge in [-0.05, 0) is 88.5 Å². The van der Waals surface area contributed by atoms with E-state index in [9.17, 15) is 9.59 Å². The minimum Gasteiger partial charge on any atom is -0.328 e. The number of hydrogen-bond donors (Lipinski definition) is 2. The van der Waals surface area contributed by atoms with Crippen LogP contribution in [-0.4, -0.2) is 37.0 Å². The molecular weight excluding hydrogens is 519 g/mol. The smallest absolute Gasteiger partial charge is 0.233 e. The number of carbonyl (C=O) groups excluding carboxylic acids is 2. The summed E-state index contributed by atoms with van der Waals surface area (Å²) in [7, 11) is 0. The summed E-state index contributed by atoms with van der Waals surface area (Å²) >= 11 is 12.4. The standard InChI is InChI=1S/2C15H19ClN2O/c2*16-12-3-1-2-4-13(12)18-10-9-15(14(18)19)7-5-11(17)6-8-15/h2*1-4,11H,5-10,17H2. The Kier molecular flexibility index (Phi) is 8.07. The Balaban J connectivity index is 0.000000155. The fourth-order valence-electron chi connectivity index (χ4n) is 6.76. The van der Waals surface area contributed by atoms with E-state index in [0.717, 1.165) is 88.7 Å². The largest absolute Gasteiger partial charge is 0.328 e. The van der Waals surface area contributed by atoms with Gasteiger partial charge >= 0.3 is 0 Å². The molecule has 0 aromatic heterocycles. The molecule has 2 aromatic carbocycles. The van der Waals surface area contributed by atoms with Gasteiger partial charge in [-0.3, -0.25) is 9.59 Å².